The first-order valence-corrected chi connectivity index (χ1v) is 11.7. The molecular weight excluding hydrogens is 434 g/mol. The van der Waals surface area contributed by atoms with Crippen LogP contribution in [0.15, 0.2) is 42.5 Å². The van der Waals surface area contributed by atoms with Gasteiger partial charge in [-0.05, 0) is 37.9 Å². The van der Waals surface area contributed by atoms with Crippen LogP contribution in [-0.4, -0.2) is 75.2 Å². The van der Waals surface area contributed by atoms with Gasteiger partial charge in [-0.15, -0.1) is 0 Å². The lowest BCUT2D eigenvalue weighted by Crippen LogP contribution is -2.49. The zero-order valence-electron chi connectivity index (χ0n) is 20.5. The van der Waals surface area contributed by atoms with Crippen LogP contribution in [0.2, 0.25) is 0 Å². The molecule has 2 aromatic carbocycles. The van der Waals surface area contributed by atoms with Crippen molar-refractivity contribution in [2.75, 3.05) is 52.8 Å². The van der Waals surface area contributed by atoms with Crippen LogP contribution in [0.5, 0.6) is 17.2 Å². The highest BCUT2D eigenvalue weighted by Gasteiger charge is 2.28. The summed E-state index contributed by atoms with van der Waals surface area (Å²) in [5, 5.41) is 2.96. The molecule has 1 N–H and O–H groups in total. The lowest BCUT2D eigenvalue weighted by molar-refractivity contribution is -0.118. The molecule has 0 aromatic heterocycles. The van der Waals surface area contributed by atoms with E-state index >= 15 is 0 Å². The molecule has 0 aliphatic carbocycles. The number of carbonyl (C=O) groups excluding carboxylic acids is 2. The van der Waals surface area contributed by atoms with Crippen molar-refractivity contribution in [3.8, 4) is 17.2 Å². The topological polar surface area (TPSA) is 80.3 Å². The Bertz CT molecular complexity index is 933. The Morgan fingerprint density at radius 1 is 1.00 bits per heavy atom. The minimum absolute atomic E-state index is 0.0706. The average molecular weight is 470 g/mol. The fourth-order valence-electron chi connectivity index (χ4n) is 4.41. The first kappa shape index (κ1) is 25.4. The summed E-state index contributed by atoms with van der Waals surface area (Å²) in [6, 6.07) is 13.1. The molecule has 1 fully saturated rings. The summed E-state index contributed by atoms with van der Waals surface area (Å²) >= 11 is 0. The highest BCUT2D eigenvalue weighted by Crippen LogP contribution is 2.39. The molecule has 1 heterocycles. The van der Waals surface area contributed by atoms with Crippen molar-refractivity contribution < 1.29 is 23.8 Å². The Balaban J connectivity index is 1.61. The molecular formula is C26H35N3O5. The molecule has 0 spiro atoms. The average Bonchev–Trinajstić information content (AvgIpc) is 2.88. The predicted octanol–water partition coefficient (Wildman–Crippen LogP) is 3.67. The van der Waals surface area contributed by atoms with Gasteiger partial charge in [-0.2, -0.15) is 0 Å². The molecule has 0 saturated carbocycles. The summed E-state index contributed by atoms with van der Waals surface area (Å²) < 4.78 is 16.1. The van der Waals surface area contributed by atoms with Crippen LogP contribution in [0.1, 0.15) is 36.5 Å². The highest BCUT2D eigenvalue weighted by molar-refractivity contribution is 5.94. The van der Waals surface area contributed by atoms with Gasteiger partial charge >= 0.3 is 0 Å². The first-order valence-electron chi connectivity index (χ1n) is 11.7. The van der Waals surface area contributed by atoms with E-state index in [4.69, 9.17) is 14.2 Å². The second kappa shape index (κ2) is 12.3. The second-order valence-electron chi connectivity index (χ2n) is 8.32. The number of likely N-dealkylation sites (tertiary alicyclic amines) is 1. The molecule has 2 amide bonds. The lowest BCUT2D eigenvalue weighted by atomic mass is 10.0. The van der Waals surface area contributed by atoms with Gasteiger partial charge in [0.05, 0.1) is 27.9 Å². The van der Waals surface area contributed by atoms with Crippen LogP contribution >= 0.6 is 0 Å². The Morgan fingerprint density at radius 3 is 2.15 bits per heavy atom. The molecule has 1 saturated heterocycles. The molecule has 1 aliphatic rings. The van der Waals surface area contributed by atoms with E-state index in [0.29, 0.717) is 36.0 Å². The Morgan fingerprint density at radius 2 is 1.62 bits per heavy atom. The third kappa shape index (κ3) is 6.20. The highest BCUT2D eigenvalue weighted by atomic mass is 16.5. The summed E-state index contributed by atoms with van der Waals surface area (Å²) in [5.41, 5.74) is 1.30. The van der Waals surface area contributed by atoms with Crippen LogP contribution in [0.3, 0.4) is 0 Å². The Hall–Kier alpha value is -3.26. The largest absolute Gasteiger partial charge is 0.493 e. The monoisotopic (exact) mass is 469 g/mol. The van der Waals surface area contributed by atoms with E-state index in [-0.39, 0.29) is 24.4 Å². The van der Waals surface area contributed by atoms with Crippen LogP contribution in [0, 0.1) is 0 Å². The zero-order chi connectivity index (χ0) is 24.5. The number of ether oxygens (including phenoxy) is 3. The molecule has 1 aliphatic heterocycles. The molecule has 8 nitrogen and oxygen atoms in total. The van der Waals surface area contributed by atoms with E-state index in [9.17, 15) is 9.59 Å². The van der Waals surface area contributed by atoms with Gasteiger partial charge in [0.2, 0.25) is 11.7 Å². The quantitative estimate of drug-likeness (QED) is 0.572. The molecule has 34 heavy (non-hydrogen) atoms. The van der Waals surface area contributed by atoms with Gasteiger partial charge in [-0.3, -0.25) is 14.5 Å². The number of anilines is 1. The number of hydrogen-bond donors (Lipinski definition) is 1. The maximum absolute atomic E-state index is 12.9. The molecule has 0 unspecified atom stereocenters. The van der Waals surface area contributed by atoms with Crippen LogP contribution in [0.25, 0.3) is 0 Å². The SMILES string of the molecule is CCCN(CC(=O)Nc1cc(OC)c(OC)c(OC)c1)C1CCN(C(=O)c2ccccc2)CC1. The number of piperidine rings is 1. The summed E-state index contributed by atoms with van der Waals surface area (Å²) in [5.74, 6) is 1.41. The molecule has 184 valence electrons. The van der Waals surface area contributed by atoms with E-state index < -0.39 is 0 Å². The van der Waals surface area contributed by atoms with Gasteiger partial charge in [0, 0.05) is 42.5 Å². The summed E-state index contributed by atoms with van der Waals surface area (Å²) in [7, 11) is 4.63. The Labute approximate surface area is 201 Å². The Kier molecular flexibility index (Phi) is 9.16. The van der Waals surface area contributed by atoms with E-state index in [2.05, 4.69) is 17.1 Å². The minimum Gasteiger partial charge on any atom is -0.493 e. The van der Waals surface area contributed by atoms with E-state index in [1.807, 2.05) is 35.2 Å². The maximum Gasteiger partial charge on any atom is 0.253 e. The first-order chi connectivity index (χ1) is 16.5. The second-order valence-corrected chi connectivity index (χ2v) is 8.32. The minimum atomic E-state index is -0.106. The zero-order valence-corrected chi connectivity index (χ0v) is 20.5. The van der Waals surface area contributed by atoms with Crippen molar-refractivity contribution in [2.45, 2.75) is 32.2 Å². The van der Waals surface area contributed by atoms with Gasteiger partial charge in [0.25, 0.3) is 5.91 Å². The van der Waals surface area contributed by atoms with Gasteiger partial charge < -0.3 is 24.4 Å². The summed E-state index contributed by atoms with van der Waals surface area (Å²) in [6.07, 6.45) is 2.63. The number of rotatable bonds is 10. The molecule has 2 aromatic rings. The van der Waals surface area contributed by atoms with Gasteiger partial charge in [0.1, 0.15) is 0 Å². The van der Waals surface area contributed by atoms with E-state index in [1.54, 1.807) is 33.5 Å². The number of amides is 2. The third-order valence-electron chi connectivity index (χ3n) is 6.09. The fourth-order valence-corrected chi connectivity index (χ4v) is 4.41. The third-order valence-corrected chi connectivity index (χ3v) is 6.09. The lowest BCUT2D eigenvalue weighted by Gasteiger charge is -2.38. The van der Waals surface area contributed by atoms with Crippen molar-refractivity contribution >= 4 is 17.5 Å². The van der Waals surface area contributed by atoms with Crippen LogP contribution in [0.4, 0.5) is 5.69 Å². The number of carbonyl (C=O) groups is 2. The predicted molar refractivity (Wildman–Crippen MR) is 132 cm³/mol. The van der Waals surface area contributed by atoms with Crippen LogP contribution in [-0.2, 0) is 4.79 Å². The maximum atomic E-state index is 12.9. The van der Waals surface area contributed by atoms with Crippen molar-refractivity contribution in [3.63, 3.8) is 0 Å². The van der Waals surface area contributed by atoms with Crippen molar-refractivity contribution in [1.29, 1.82) is 0 Å². The number of nitrogens with one attached hydrogen (secondary N) is 1. The number of hydrogen-bond acceptors (Lipinski definition) is 6. The number of nitrogens with zero attached hydrogens (tertiary/aromatic N) is 2. The number of benzene rings is 2. The van der Waals surface area contributed by atoms with E-state index in [1.165, 1.54) is 0 Å². The standard InChI is InChI=1S/C26H35N3O5/c1-5-13-29(21-11-14-28(15-12-21)26(31)19-9-7-6-8-10-19)18-24(30)27-20-16-22(32-2)25(34-4)23(17-20)33-3/h6-10,16-17,21H,5,11-15,18H2,1-4H3,(H,27,30). The normalized spacial score (nSPS) is 14.1. The molecule has 0 radical (unpaired) electrons. The van der Waals surface area contributed by atoms with Gasteiger partial charge in [-0.1, -0.05) is 25.1 Å². The van der Waals surface area contributed by atoms with Crippen LogP contribution < -0.4 is 19.5 Å². The van der Waals surface area contributed by atoms with Crippen molar-refractivity contribution in [3.05, 3.63) is 48.0 Å². The molecule has 0 atom stereocenters. The van der Waals surface area contributed by atoms with E-state index in [0.717, 1.165) is 31.4 Å². The van der Waals surface area contributed by atoms with Gasteiger partial charge in [-0.25, -0.2) is 0 Å². The van der Waals surface area contributed by atoms with Crippen molar-refractivity contribution in [2.24, 2.45) is 0 Å². The molecule has 0 bridgehead atoms. The fraction of sp³-hybridized carbons (Fsp3) is 0.462. The van der Waals surface area contributed by atoms with Gasteiger partial charge in [0.15, 0.2) is 11.5 Å². The summed E-state index contributed by atoms with van der Waals surface area (Å²) in [4.78, 5) is 29.8. The van der Waals surface area contributed by atoms with Crippen molar-refractivity contribution in [1.82, 2.24) is 9.80 Å². The molecule has 8 heteroatoms. The summed E-state index contributed by atoms with van der Waals surface area (Å²) in [6.45, 7) is 4.58. The smallest absolute Gasteiger partial charge is 0.253 e. The molecule has 3 rings (SSSR count). The number of methoxy groups -OCH3 is 3.